The molecule has 0 saturated carbocycles. The average Bonchev–Trinajstić information content (AvgIpc) is 1.98. The molecule has 0 heterocycles. The maximum absolute atomic E-state index is 11.4. The van der Waals surface area contributed by atoms with Gasteiger partial charge in [0.05, 0.1) is 0 Å². The number of rotatable bonds is 4. The summed E-state index contributed by atoms with van der Waals surface area (Å²) in [4.78, 5) is 11.4. The van der Waals surface area contributed by atoms with Crippen molar-refractivity contribution in [3.8, 4) is 0 Å². The summed E-state index contributed by atoms with van der Waals surface area (Å²) in [7, 11) is 0. The van der Waals surface area contributed by atoms with E-state index in [1.807, 2.05) is 20.8 Å². The average molecular weight is 233 g/mol. The standard InChI is InChI=1S/C11H23NO2S/c1-8(2)6-9(7-15)12-10(13)14-11(3,4)5/h8-9,15H,6-7H2,1-5H3,(H,12,13)/t9-/m1/s1. The minimum atomic E-state index is -0.441. The van der Waals surface area contributed by atoms with Gasteiger partial charge >= 0.3 is 6.09 Å². The van der Waals surface area contributed by atoms with Gasteiger partial charge in [-0.2, -0.15) is 12.6 Å². The molecule has 0 aromatic heterocycles. The Balaban J connectivity index is 4.02. The predicted octanol–water partition coefficient (Wildman–Crippen LogP) is 2.86. The van der Waals surface area contributed by atoms with E-state index in [0.29, 0.717) is 11.7 Å². The molecule has 0 unspecified atom stereocenters. The fourth-order valence-electron chi connectivity index (χ4n) is 1.22. The molecule has 0 aliphatic heterocycles. The Hall–Kier alpha value is -0.380. The van der Waals surface area contributed by atoms with Crippen molar-refractivity contribution in [1.29, 1.82) is 0 Å². The Morgan fingerprint density at radius 3 is 2.27 bits per heavy atom. The molecule has 15 heavy (non-hydrogen) atoms. The molecule has 0 bridgehead atoms. The van der Waals surface area contributed by atoms with Crippen molar-refractivity contribution in [2.75, 3.05) is 5.75 Å². The third kappa shape index (κ3) is 8.60. The van der Waals surface area contributed by atoms with Crippen LogP contribution in [0.2, 0.25) is 0 Å². The van der Waals surface area contributed by atoms with Gasteiger partial charge in [0.15, 0.2) is 0 Å². The summed E-state index contributed by atoms with van der Waals surface area (Å²) in [5, 5.41) is 2.82. The van der Waals surface area contributed by atoms with Gasteiger partial charge in [-0.15, -0.1) is 0 Å². The Labute approximate surface area is 98.4 Å². The van der Waals surface area contributed by atoms with Crippen molar-refractivity contribution in [2.45, 2.75) is 52.7 Å². The molecule has 4 heteroatoms. The van der Waals surface area contributed by atoms with Crippen LogP contribution in [0, 0.1) is 5.92 Å². The molecule has 0 aromatic carbocycles. The largest absolute Gasteiger partial charge is 0.444 e. The van der Waals surface area contributed by atoms with Crippen LogP contribution in [-0.4, -0.2) is 23.5 Å². The smallest absolute Gasteiger partial charge is 0.407 e. The maximum atomic E-state index is 11.4. The molecule has 0 spiro atoms. The zero-order valence-corrected chi connectivity index (χ0v) is 11.2. The number of ether oxygens (including phenoxy) is 1. The summed E-state index contributed by atoms with van der Waals surface area (Å²) >= 11 is 4.21. The van der Waals surface area contributed by atoms with Crippen LogP contribution in [-0.2, 0) is 4.74 Å². The molecule has 90 valence electrons. The number of nitrogens with one attached hydrogen (secondary N) is 1. The molecule has 0 aliphatic carbocycles. The topological polar surface area (TPSA) is 38.3 Å². The molecular formula is C11H23NO2S. The molecule has 1 amide bonds. The molecule has 3 nitrogen and oxygen atoms in total. The van der Waals surface area contributed by atoms with Crippen LogP contribution >= 0.6 is 12.6 Å². The van der Waals surface area contributed by atoms with E-state index in [1.54, 1.807) is 0 Å². The van der Waals surface area contributed by atoms with E-state index < -0.39 is 5.60 Å². The second kappa shape index (κ2) is 6.26. The van der Waals surface area contributed by atoms with Gasteiger partial charge < -0.3 is 10.1 Å². The summed E-state index contributed by atoms with van der Waals surface area (Å²) in [5.41, 5.74) is -0.441. The highest BCUT2D eigenvalue weighted by Gasteiger charge is 2.19. The SMILES string of the molecule is CC(C)C[C@H](CS)NC(=O)OC(C)(C)C. The lowest BCUT2D eigenvalue weighted by atomic mass is 10.1. The van der Waals surface area contributed by atoms with Gasteiger partial charge in [0, 0.05) is 11.8 Å². The monoisotopic (exact) mass is 233 g/mol. The van der Waals surface area contributed by atoms with Crippen molar-refractivity contribution in [2.24, 2.45) is 5.92 Å². The molecule has 1 N–H and O–H groups in total. The Bertz CT molecular complexity index is 199. The molecule has 1 atom stereocenters. The third-order valence-electron chi connectivity index (χ3n) is 1.70. The van der Waals surface area contributed by atoms with E-state index >= 15 is 0 Å². The van der Waals surface area contributed by atoms with Crippen LogP contribution in [0.25, 0.3) is 0 Å². The van der Waals surface area contributed by atoms with Gasteiger partial charge in [0.2, 0.25) is 0 Å². The first kappa shape index (κ1) is 14.6. The van der Waals surface area contributed by atoms with Crippen molar-refractivity contribution < 1.29 is 9.53 Å². The van der Waals surface area contributed by atoms with E-state index in [1.165, 1.54) is 0 Å². The van der Waals surface area contributed by atoms with E-state index in [-0.39, 0.29) is 12.1 Å². The number of hydrogen-bond acceptors (Lipinski definition) is 3. The number of hydrogen-bond donors (Lipinski definition) is 2. The minimum Gasteiger partial charge on any atom is -0.444 e. The molecule has 0 radical (unpaired) electrons. The molecule has 0 fully saturated rings. The molecule has 0 saturated heterocycles. The normalized spacial score (nSPS) is 13.8. The molecular weight excluding hydrogens is 210 g/mol. The quantitative estimate of drug-likeness (QED) is 0.733. The first-order chi connectivity index (χ1) is 6.74. The third-order valence-corrected chi connectivity index (χ3v) is 2.14. The number of carbonyl (C=O) groups is 1. The van der Waals surface area contributed by atoms with Gasteiger partial charge in [-0.1, -0.05) is 13.8 Å². The van der Waals surface area contributed by atoms with Crippen LogP contribution in [0.1, 0.15) is 41.0 Å². The Kier molecular flexibility index (Phi) is 6.10. The van der Waals surface area contributed by atoms with E-state index in [9.17, 15) is 4.79 Å². The first-order valence-electron chi connectivity index (χ1n) is 5.35. The first-order valence-corrected chi connectivity index (χ1v) is 5.98. The summed E-state index contributed by atoms with van der Waals surface area (Å²) in [6, 6.07) is 0.0863. The Morgan fingerprint density at radius 2 is 1.93 bits per heavy atom. The highest BCUT2D eigenvalue weighted by atomic mass is 32.1. The molecule has 0 aromatic rings. The van der Waals surface area contributed by atoms with E-state index in [2.05, 4.69) is 31.8 Å². The fraction of sp³-hybridized carbons (Fsp3) is 0.909. The van der Waals surface area contributed by atoms with Gasteiger partial charge in [0.1, 0.15) is 5.60 Å². The van der Waals surface area contributed by atoms with Gasteiger partial charge in [0.25, 0.3) is 0 Å². The van der Waals surface area contributed by atoms with Gasteiger partial charge in [-0.3, -0.25) is 0 Å². The lowest BCUT2D eigenvalue weighted by Gasteiger charge is -2.23. The minimum absolute atomic E-state index is 0.0863. The molecule has 0 rings (SSSR count). The second-order valence-electron chi connectivity index (χ2n) is 5.16. The zero-order valence-electron chi connectivity index (χ0n) is 10.3. The van der Waals surface area contributed by atoms with Crippen LogP contribution < -0.4 is 5.32 Å². The van der Waals surface area contributed by atoms with Crippen LogP contribution in [0.15, 0.2) is 0 Å². The summed E-state index contributed by atoms with van der Waals surface area (Å²) < 4.78 is 5.17. The number of carbonyl (C=O) groups excluding carboxylic acids is 1. The Morgan fingerprint density at radius 1 is 1.40 bits per heavy atom. The van der Waals surface area contributed by atoms with Crippen molar-refractivity contribution in [3.05, 3.63) is 0 Å². The highest BCUT2D eigenvalue weighted by molar-refractivity contribution is 7.80. The summed E-state index contributed by atoms with van der Waals surface area (Å²) in [6.07, 6.45) is 0.560. The lowest BCUT2D eigenvalue weighted by Crippen LogP contribution is -2.40. The highest BCUT2D eigenvalue weighted by Crippen LogP contribution is 2.09. The van der Waals surface area contributed by atoms with Crippen LogP contribution in [0.4, 0.5) is 4.79 Å². The summed E-state index contributed by atoms with van der Waals surface area (Å²) in [5.74, 6) is 1.18. The van der Waals surface area contributed by atoms with Crippen molar-refractivity contribution in [3.63, 3.8) is 0 Å². The van der Waals surface area contributed by atoms with Crippen molar-refractivity contribution in [1.82, 2.24) is 5.32 Å². The van der Waals surface area contributed by atoms with Crippen LogP contribution in [0.5, 0.6) is 0 Å². The summed E-state index contributed by atoms with van der Waals surface area (Å²) in [6.45, 7) is 9.79. The predicted molar refractivity (Wildman–Crippen MR) is 66.5 cm³/mol. The second-order valence-corrected chi connectivity index (χ2v) is 5.52. The zero-order chi connectivity index (χ0) is 12.1. The van der Waals surface area contributed by atoms with E-state index in [4.69, 9.17) is 4.74 Å². The maximum Gasteiger partial charge on any atom is 0.407 e. The fourth-order valence-corrected chi connectivity index (χ4v) is 1.46. The lowest BCUT2D eigenvalue weighted by molar-refractivity contribution is 0.0505. The van der Waals surface area contributed by atoms with Crippen LogP contribution in [0.3, 0.4) is 0 Å². The van der Waals surface area contributed by atoms with Crippen molar-refractivity contribution >= 4 is 18.7 Å². The number of amides is 1. The van der Waals surface area contributed by atoms with Gasteiger partial charge in [-0.05, 0) is 33.1 Å². The number of alkyl carbamates (subject to hydrolysis) is 1. The van der Waals surface area contributed by atoms with Gasteiger partial charge in [-0.25, -0.2) is 4.79 Å². The van der Waals surface area contributed by atoms with E-state index in [0.717, 1.165) is 6.42 Å². The number of thiol groups is 1. The molecule has 0 aliphatic rings.